The molecule has 20 heavy (non-hydrogen) atoms. The molecule has 0 aromatic carbocycles. The van der Waals surface area contributed by atoms with Gasteiger partial charge in [-0.3, -0.25) is 9.89 Å². The second-order valence-corrected chi connectivity index (χ2v) is 4.23. The van der Waals surface area contributed by atoms with E-state index in [2.05, 4.69) is 20.5 Å². The Hall–Kier alpha value is -2.88. The molecule has 1 amide bonds. The van der Waals surface area contributed by atoms with Crippen LogP contribution in [0.5, 0.6) is 0 Å². The van der Waals surface area contributed by atoms with Crippen LogP contribution in [-0.4, -0.2) is 34.7 Å². The molecule has 0 saturated heterocycles. The predicted molar refractivity (Wildman–Crippen MR) is 72.7 cm³/mol. The van der Waals surface area contributed by atoms with E-state index in [0.29, 0.717) is 17.9 Å². The number of nitrogens with one attached hydrogen (secondary N) is 2. The maximum atomic E-state index is 11.8. The van der Waals surface area contributed by atoms with Crippen LogP contribution in [0.25, 0.3) is 0 Å². The summed E-state index contributed by atoms with van der Waals surface area (Å²) in [5.41, 5.74) is 1.34. The third-order valence-corrected chi connectivity index (χ3v) is 2.68. The third kappa shape index (κ3) is 3.55. The Labute approximate surface area is 116 Å². The van der Waals surface area contributed by atoms with Crippen LogP contribution in [-0.2, 0) is 11.3 Å². The summed E-state index contributed by atoms with van der Waals surface area (Å²) in [5, 5.41) is 18.0. The molecular formula is C13H14N6O. The fourth-order valence-corrected chi connectivity index (χ4v) is 1.61. The van der Waals surface area contributed by atoms with E-state index in [0.717, 1.165) is 5.69 Å². The molecule has 0 unspecified atom stereocenters. The van der Waals surface area contributed by atoms with Crippen molar-refractivity contribution < 1.29 is 4.79 Å². The molecule has 2 heterocycles. The van der Waals surface area contributed by atoms with Crippen molar-refractivity contribution in [2.45, 2.75) is 6.54 Å². The van der Waals surface area contributed by atoms with E-state index < -0.39 is 0 Å². The number of nitriles is 1. The first kappa shape index (κ1) is 13.5. The molecule has 0 saturated carbocycles. The molecule has 2 aromatic rings. The highest BCUT2D eigenvalue weighted by Gasteiger charge is 2.08. The van der Waals surface area contributed by atoms with Gasteiger partial charge in [0.15, 0.2) is 0 Å². The Bertz CT molecular complexity index is 599. The van der Waals surface area contributed by atoms with Crippen LogP contribution in [0.15, 0.2) is 30.6 Å². The first-order valence-corrected chi connectivity index (χ1v) is 6.01. The molecule has 0 radical (unpaired) electrons. The molecule has 0 fully saturated rings. The monoisotopic (exact) mass is 270 g/mol. The minimum atomic E-state index is -0.117. The van der Waals surface area contributed by atoms with Crippen LogP contribution >= 0.6 is 0 Å². The second-order valence-electron chi connectivity index (χ2n) is 4.23. The fraction of sp³-hybridized carbons (Fsp3) is 0.231. The summed E-state index contributed by atoms with van der Waals surface area (Å²) in [4.78, 5) is 17.6. The number of H-pyrrole nitrogens is 1. The number of aromatic amines is 1. The molecule has 0 spiro atoms. The minimum absolute atomic E-state index is 0.117. The van der Waals surface area contributed by atoms with E-state index in [9.17, 15) is 4.79 Å². The van der Waals surface area contributed by atoms with E-state index in [1.165, 1.54) is 6.20 Å². The number of likely N-dealkylation sites (N-methyl/N-ethyl adjacent to an activating group) is 1. The van der Waals surface area contributed by atoms with Gasteiger partial charge in [0.2, 0.25) is 5.91 Å². The number of anilines is 1. The Morgan fingerprint density at radius 1 is 1.50 bits per heavy atom. The fourth-order valence-electron chi connectivity index (χ4n) is 1.61. The van der Waals surface area contributed by atoms with E-state index in [4.69, 9.17) is 5.26 Å². The van der Waals surface area contributed by atoms with Crippen LogP contribution in [0.2, 0.25) is 0 Å². The molecule has 7 nitrogen and oxygen atoms in total. The average molecular weight is 270 g/mol. The molecule has 2 N–H and O–H groups in total. The molecule has 2 rings (SSSR count). The van der Waals surface area contributed by atoms with Gasteiger partial charge < -0.3 is 10.2 Å². The van der Waals surface area contributed by atoms with Crippen molar-refractivity contribution >= 4 is 11.7 Å². The minimum Gasteiger partial charge on any atom is -0.350 e. The lowest BCUT2D eigenvalue weighted by molar-refractivity contribution is -0.119. The topological polar surface area (TPSA) is 97.7 Å². The third-order valence-electron chi connectivity index (χ3n) is 2.68. The molecule has 102 valence electrons. The van der Waals surface area contributed by atoms with E-state index in [1.54, 1.807) is 36.3 Å². The maximum Gasteiger partial charge on any atom is 0.239 e. The van der Waals surface area contributed by atoms with Crippen molar-refractivity contribution in [3.63, 3.8) is 0 Å². The van der Waals surface area contributed by atoms with Crippen LogP contribution in [0.1, 0.15) is 11.3 Å². The number of pyridine rings is 1. The molecule has 0 bridgehead atoms. The van der Waals surface area contributed by atoms with Crippen molar-refractivity contribution in [1.29, 1.82) is 5.26 Å². The SMILES string of the molecule is CN(CC(=O)NCc1ccn[nH]1)c1ccc(C#N)cn1. The van der Waals surface area contributed by atoms with Crippen LogP contribution < -0.4 is 10.2 Å². The Kier molecular flexibility index (Phi) is 4.29. The van der Waals surface area contributed by atoms with Crippen LogP contribution in [0, 0.1) is 11.3 Å². The summed E-state index contributed by atoms with van der Waals surface area (Å²) < 4.78 is 0. The first-order valence-electron chi connectivity index (χ1n) is 6.01. The summed E-state index contributed by atoms with van der Waals surface area (Å²) in [6.07, 6.45) is 3.11. The number of aromatic nitrogens is 3. The highest BCUT2D eigenvalue weighted by Crippen LogP contribution is 2.08. The second kappa shape index (κ2) is 6.33. The zero-order valence-electron chi connectivity index (χ0n) is 11.0. The number of nitrogens with zero attached hydrogens (tertiary/aromatic N) is 4. The van der Waals surface area contributed by atoms with Crippen LogP contribution in [0.3, 0.4) is 0 Å². The van der Waals surface area contributed by atoms with Gasteiger partial charge in [0.25, 0.3) is 0 Å². The Morgan fingerprint density at radius 3 is 2.95 bits per heavy atom. The standard InChI is InChI=1S/C13H14N6O/c1-19(12-3-2-10(6-14)7-15-12)9-13(20)16-8-11-4-5-17-18-11/h2-5,7H,8-9H2,1H3,(H,16,20)(H,17,18). The van der Waals surface area contributed by atoms with Gasteiger partial charge in [0.05, 0.1) is 24.3 Å². The summed E-state index contributed by atoms with van der Waals surface area (Å²) in [6.45, 7) is 0.598. The first-order chi connectivity index (χ1) is 9.69. The van der Waals surface area contributed by atoms with Gasteiger partial charge in [-0.2, -0.15) is 10.4 Å². The molecule has 2 aromatic heterocycles. The van der Waals surface area contributed by atoms with Crippen molar-refractivity contribution in [3.05, 3.63) is 41.9 Å². The Balaban J connectivity index is 1.85. The van der Waals surface area contributed by atoms with Crippen molar-refractivity contribution in [2.24, 2.45) is 0 Å². The lowest BCUT2D eigenvalue weighted by atomic mass is 10.3. The zero-order chi connectivity index (χ0) is 14.4. The number of carbonyl (C=O) groups is 1. The molecule has 7 heteroatoms. The van der Waals surface area contributed by atoms with Crippen molar-refractivity contribution in [2.75, 3.05) is 18.5 Å². The number of rotatable bonds is 5. The number of hydrogen-bond acceptors (Lipinski definition) is 5. The van der Waals surface area contributed by atoms with Gasteiger partial charge in [-0.05, 0) is 18.2 Å². The van der Waals surface area contributed by atoms with E-state index in [1.807, 2.05) is 6.07 Å². The van der Waals surface area contributed by atoms with Gasteiger partial charge in [-0.1, -0.05) is 0 Å². The Morgan fingerprint density at radius 2 is 2.35 bits per heavy atom. The normalized spacial score (nSPS) is 9.80. The molecule has 0 aliphatic carbocycles. The summed E-state index contributed by atoms with van der Waals surface area (Å²) >= 11 is 0. The molecule has 0 aliphatic rings. The van der Waals surface area contributed by atoms with Gasteiger partial charge in [0.1, 0.15) is 11.9 Å². The largest absolute Gasteiger partial charge is 0.350 e. The number of amides is 1. The quantitative estimate of drug-likeness (QED) is 0.821. The highest BCUT2D eigenvalue weighted by molar-refractivity contribution is 5.80. The molecular weight excluding hydrogens is 256 g/mol. The summed E-state index contributed by atoms with van der Waals surface area (Å²) in [5.74, 6) is 0.522. The lowest BCUT2D eigenvalue weighted by Crippen LogP contribution is -2.35. The molecule has 0 atom stereocenters. The average Bonchev–Trinajstić information content (AvgIpc) is 2.98. The van der Waals surface area contributed by atoms with Gasteiger partial charge in [-0.15, -0.1) is 0 Å². The van der Waals surface area contributed by atoms with Crippen molar-refractivity contribution in [3.8, 4) is 6.07 Å². The van der Waals surface area contributed by atoms with Gasteiger partial charge >= 0.3 is 0 Å². The smallest absolute Gasteiger partial charge is 0.239 e. The number of carbonyl (C=O) groups excluding carboxylic acids is 1. The zero-order valence-corrected chi connectivity index (χ0v) is 11.0. The van der Waals surface area contributed by atoms with E-state index >= 15 is 0 Å². The lowest BCUT2D eigenvalue weighted by Gasteiger charge is -2.17. The highest BCUT2D eigenvalue weighted by atomic mass is 16.2. The van der Waals surface area contributed by atoms with Gasteiger partial charge in [0, 0.05) is 19.4 Å². The van der Waals surface area contributed by atoms with Crippen molar-refractivity contribution in [1.82, 2.24) is 20.5 Å². The molecule has 0 aliphatic heterocycles. The van der Waals surface area contributed by atoms with Crippen LogP contribution in [0.4, 0.5) is 5.82 Å². The predicted octanol–water partition coefficient (Wildman–Crippen LogP) is 0.429. The summed E-state index contributed by atoms with van der Waals surface area (Å²) in [7, 11) is 1.77. The maximum absolute atomic E-state index is 11.8. The van der Waals surface area contributed by atoms with E-state index in [-0.39, 0.29) is 12.5 Å². The van der Waals surface area contributed by atoms with Gasteiger partial charge in [-0.25, -0.2) is 4.98 Å². The number of hydrogen-bond donors (Lipinski definition) is 2. The summed E-state index contributed by atoms with van der Waals surface area (Å²) in [6, 6.07) is 7.17.